The van der Waals surface area contributed by atoms with Gasteiger partial charge >= 0.3 is 0 Å². The lowest BCUT2D eigenvalue weighted by atomic mass is 10.2. The number of alkyl halides is 2. The number of terminal acetylenes is 1. The van der Waals surface area contributed by atoms with E-state index in [0.29, 0.717) is 0 Å². The number of carbonyl (C=O) groups excluding carboxylic acids is 1. The average Bonchev–Trinajstić information content (AvgIpc) is 1.98. The van der Waals surface area contributed by atoms with E-state index in [9.17, 15) is 13.6 Å². The highest BCUT2D eigenvalue weighted by Gasteiger charge is 2.03. The van der Waals surface area contributed by atoms with E-state index < -0.39 is 13.0 Å². The molecule has 0 aliphatic carbocycles. The lowest BCUT2D eigenvalue weighted by Gasteiger charge is -2.00. The summed E-state index contributed by atoms with van der Waals surface area (Å²) in [4.78, 5) is 10.7. The molecule has 0 bridgehead atoms. The predicted molar refractivity (Wildman–Crippen MR) is 39.9 cm³/mol. The summed E-state index contributed by atoms with van der Waals surface area (Å²) >= 11 is 0. The lowest BCUT2D eigenvalue weighted by Crippen LogP contribution is -2.08. The third kappa shape index (κ3) is 7.16. The molecule has 0 saturated heterocycles. The first-order valence-corrected chi connectivity index (χ1v) is 3.48. The molecular weight excluding hydrogens is 166 g/mol. The van der Waals surface area contributed by atoms with Crippen LogP contribution in [0.2, 0.25) is 0 Å². The van der Waals surface area contributed by atoms with Crippen LogP contribution in [-0.2, 0) is 9.53 Å². The average molecular weight is 176 g/mol. The van der Waals surface area contributed by atoms with Gasteiger partial charge in [0.2, 0.25) is 0 Å². The lowest BCUT2D eigenvalue weighted by molar-refractivity contribution is -0.119. The van der Waals surface area contributed by atoms with Gasteiger partial charge in [0.15, 0.2) is 0 Å². The molecule has 0 N–H and O–H groups in total. The normalized spacial score (nSPS) is 9.83. The molecule has 0 rings (SSSR count). The van der Waals surface area contributed by atoms with E-state index in [0.717, 1.165) is 0 Å². The Bertz CT molecular complexity index is 172. The van der Waals surface area contributed by atoms with Crippen LogP contribution in [0.1, 0.15) is 12.8 Å². The summed E-state index contributed by atoms with van der Waals surface area (Å²) in [5.41, 5.74) is 0. The number of Topliss-reactive ketones (excluding diaryl/α,β-unsaturated/α-hetero) is 1. The van der Waals surface area contributed by atoms with Gasteiger partial charge in [0.1, 0.15) is 12.4 Å². The molecule has 0 aliphatic rings. The van der Waals surface area contributed by atoms with Crippen molar-refractivity contribution in [3.63, 3.8) is 0 Å². The quantitative estimate of drug-likeness (QED) is 0.449. The van der Waals surface area contributed by atoms with Gasteiger partial charge in [-0.05, 0) is 0 Å². The monoisotopic (exact) mass is 176 g/mol. The Morgan fingerprint density at radius 2 is 2.25 bits per heavy atom. The summed E-state index contributed by atoms with van der Waals surface area (Å²) in [5.74, 6) is 2.00. The van der Waals surface area contributed by atoms with E-state index in [1.165, 1.54) is 0 Å². The van der Waals surface area contributed by atoms with Crippen LogP contribution in [0, 0.1) is 12.3 Å². The molecule has 0 unspecified atom stereocenters. The molecule has 0 heterocycles. The largest absolute Gasteiger partial charge is 0.375 e. The van der Waals surface area contributed by atoms with E-state index in [1.54, 1.807) is 0 Å². The summed E-state index contributed by atoms with van der Waals surface area (Å²) < 4.78 is 27.4. The third-order valence-electron chi connectivity index (χ3n) is 1.07. The predicted octanol–water partition coefficient (Wildman–Crippen LogP) is 1.25. The Balaban J connectivity index is 3.21. The Morgan fingerprint density at radius 3 is 2.75 bits per heavy atom. The van der Waals surface area contributed by atoms with Crippen LogP contribution in [0.25, 0.3) is 0 Å². The highest BCUT2D eigenvalue weighted by Crippen LogP contribution is 1.95. The third-order valence-corrected chi connectivity index (χ3v) is 1.07. The Morgan fingerprint density at radius 1 is 1.58 bits per heavy atom. The molecule has 2 nitrogen and oxygen atoms in total. The summed E-state index contributed by atoms with van der Waals surface area (Å²) in [6.45, 7) is -0.603. The standard InChI is InChI=1S/C8H10F2O2/c1-2-3-7(11)4-5-12-6-8(9)10/h1,8H,3-6H2. The van der Waals surface area contributed by atoms with Gasteiger partial charge in [-0.1, -0.05) is 5.92 Å². The zero-order valence-electron chi connectivity index (χ0n) is 6.56. The minimum atomic E-state index is -2.48. The molecule has 0 fully saturated rings. The topological polar surface area (TPSA) is 26.3 Å². The first kappa shape index (κ1) is 11.1. The molecule has 0 aliphatic heterocycles. The second kappa shape index (κ2) is 6.74. The highest BCUT2D eigenvalue weighted by molar-refractivity contribution is 5.80. The van der Waals surface area contributed by atoms with E-state index >= 15 is 0 Å². The number of hydrogen-bond donors (Lipinski definition) is 0. The fraction of sp³-hybridized carbons (Fsp3) is 0.625. The highest BCUT2D eigenvalue weighted by atomic mass is 19.3. The molecule has 0 aromatic heterocycles. The molecule has 68 valence electrons. The number of ether oxygens (including phenoxy) is 1. The van der Waals surface area contributed by atoms with Crippen LogP contribution in [0.4, 0.5) is 8.78 Å². The van der Waals surface area contributed by atoms with Gasteiger partial charge in [-0.25, -0.2) is 8.78 Å². The van der Waals surface area contributed by atoms with Crippen molar-refractivity contribution in [3.05, 3.63) is 0 Å². The first-order chi connectivity index (χ1) is 5.66. The van der Waals surface area contributed by atoms with Crippen LogP contribution < -0.4 is 0 Å². The van der Waals surface area contributed by atoms with Crippen molar-refractivity contribution in [3.8, 4) is 12.3 Å². The number of hydrogen-bond acceptors (Lipinski definition) is 2. The summed E-state index contributed by atoms with van der Waals surface area (Å²) in [6, 6.07) is 0. The fourth-order valence-corrected chi connectivity index (χ4v) is 0.561. The maximum atomic E-state index is 11.5. The number of carbonyl (C=O) groups is 1. The summed E-state index contributed by atoms with van der Waals surface area (Å²) in [5, 5.41) is 0. The van der Waals surface area contributed by atoms with Gasteiger partial charge in [0.05, 0.1) is 13.0 Å². The molecule has 0 saturated carbocycles. The van der Waals surface area contributed by atoms with Crippen molar-refractivity contribution in [1.29, 1.82) is 0 Å². The maximum absolute atomic E-state index is 11.5. The summed E-state index contributed by atoms with van der Waals surface area (Å²) in [6.07, 6.45) is 2.52. The van der Waals surface area contributed by atoms with Crippen molar-refractivity contribution in [1.82, 2.24) is 0 Å². The molecule has 0 aromatic rings. The molecule has 0 radical (unpaired) electrons. The van der Waals surface area contributed by atoms with Crippen molar-refractivity contribution in [2.45, 2.75) is 19.3 Å². The molecule has 12 heavy (non-hydrogen) atoms. The zero-order chi connectivity index (χ0) is 9.40. The fourth-order valence-electron chi connectivity index (χ4n) is 0.561. The van der Waals surface area contributed by atoms with E-state index in [1.807, 2.05) is 0 Å². The molecule has 0 aromatic carbocycles. The van der Waals surface area contributed by atoms with Gasteiger partial charge in [-0.3, -0.25) is 4.79 Å². The minimum absolute atomic E-state index is 0.0187. The molecule has 0 spiro atoms. The number of halogens is 2. The molecule has 4 heteroatoms. The molecule has 0 amide bonds. The van der Waals surface area contributed by atoms with Gasteiger partial charge in [-0.2, -0.15) is 0 Å². The van der Waals surface area contributed by atoms with Gasteiger partial charge < -0.3 is 4.74 Å². The zero-order valence-corrected chi connectivity index (χ0v) is 6.56. The van der Waals surface area contributed by atoms with Crippen molar-refractivity contribution < 1.29 is 18.3 Å². The molecule has 0 atom stereocenters. The Kier molecular flexibility index (Phi) is 6.21. The summed E-state index contributed by atoms with van der Waals surface area (Å²) in [7, 11) is 0. The second-order valence-electron chi connectivity index (χ2n) is 2.14. The number of ketones is 1. The van der Waals surface area contributed by atoms with Gasteiger partial charge in [-0.15, -0.1) is 6.42 Å². The van der Waals surface area contributed by atoms with Crippen LogP contribution in [0.3, 0.4) is 0 Å². The second-order valence-corrected chi connectivity index (χ2v) is 2.14. The van der Waals surface area contributed by atoms with Crippen molar-refractivity contribution in [2.75, 3.05) is 13.2 Å². The van der Waals surface area contributed by atoms with Gasteiger partial charge in [0.25, 0.3) is 6.43 Å². The van der Waals surface area contributed by atoms with E-state index in [2.05, 4.69) is 10.7 Å². The van der Waals surface area contributed by atoms with Crippen molar-refractivity contribution >= 4 is 5.78 Å². The van der Waals surface area contributed by atoms with E-state index in [4.69, 9.17) is 6.42 Å². The first-order valence-electron chi connectivity index (χ1n) is 3.48. The van der Waals surface area contributed by atoms with E-state index in [-0.39, 0.29) is 25.2 Å². The Hall–Kier alpha value is -0.950. The van der Waals surface area contributed by atoms with Crippen LogP contribution in [-0.4, -0.2) is 25.4 Å². The van der Waals surface area contributed by atoms with Crippen molar-refractivity contribution in [2.24, 2.45) is 0 Å². The smallest absolute Gasteiger partial charge is 0.261 e. The van der Waals surface area contributed by atoms with Crippen LogP contribution >= 0.6 is 0 Å². The van der Waals surface area contributed by atoms with Crippen LogP contribution in [0.5, 0.6) is 0 Å². The SMILES string of the molecule is C#CCC(=O)CCOCC(F)F. The van der Waals surface area contributed by atoms with Crippen LogP contribution in [0.15, 0.2) is 0 Å². The number of rotatable bonds is 6. The molecular formula is C8H10F2O2. The maximum Gasteiger partial charge on any atom is 0.261 e. The van der Waals surface area contributed by atoms with Gasteiger partial charge in [0, 0.05) is 6.42 Å². The minimum Gasteiger partial charge on any atom is -0.375 e. The Labute approximate surface area is 69.9 Å².